The number of pyridine rings is 1. The van der Waals surface area contributed by atoms with Crippen LogP contribution in [-0.2, 0) is 11.3 Å². The number of thioether (sulfide) groups is 1. The Hall–Kier alpha value is -2.45. The summed E-state index contributed by atoms with van der Waals surface area (Å²) >= 11 is 6.96. The van der Waals surface area contributed by atoms with E-state index in [4.69, 9.17) is 12.2 Å². The van der Waals surface area contributed by atoms with Crippen molar-refractivity contribution in [1.29, 1.82) is 0 Å². The van der Waals surface area contributed by atoms with Crippen molar-refractivity contribution in [3.8, 4) is 0 Å². The van der Waals surface area contributed by atoms with E-state index < -0.39 is 0 Å². The fourth-order valence-corrected chi connectivity index (χ4v) is 5.26. The number of likely N-dealkylation sites (tertiary alicyclic amines) is 1. The number of anilines is 1. The van der Waals surface area contributed by atoms with Gasteiger partial charge in [0.15, 0.2) is 5.78 Å². The molecule has 1 aromatic heterocycles. The molecule has 2 aliphatic heterocycles. The van der Waals surface area contributed by atoms with Crippen molar-refractivity contribution in [3.05, 3.63) is 64.1 Å². The predicted octanol–water partition coefficient (Wildman–Crippen LogP) is 3.13. The molecule has 3 heterocycles. The third-order valence-corrected chi connectivity index (χ3v) is 7.14. The second-order valence-electron chi connectivity index (χ2n) is 7.84. The highest BCUT2D eigenvalue weighted by molar-refractivity contribution is 8.23. The van der Waals surface area contributed by atoms with Gasteiger partial charge in [0.1, 0.15) is 4.32 Å². The molecule has 4 rings (SSSR count). The van der Waals surface area contributed by atoms with Crippen LogP contribution in [0.2, 0.25) is 0 Å². The topological polar surface area (TPSA) is 71.4 Å². The van der Waals surface area contributed by atoms with Crippen LogP contribution < -0.4 is 10.9 Å². The van der Waals surface area contributed by atoms with Crippen molar-refractivity contribution in [2.24, 2.45) is 5.92 Å². The lowest BCUT2D eigenvalue weighted by atomic mass is 9.83. The Bertz CT molecular complexity index is 1070. The number of fused-ring (bicyclic) bond motifs is 4. The molecule has 1 N–H and O–H groups in total. The van der Waals surface area contributed by atoms with Gasteiger partial charge in [-0.25, -0.2) is 0 Å². The predicted molar refractivity (Wildman–Crippen MR) is 123 cm³/mol. The summed E-state index contributed by atoms with van der Waals surface area (Å²) in [6.45, 7) is 3.81. The number of benzene rings is 1. The standard InChI is InChI=1S/C22H23N3O3S2/c1-14(26)16-4-2-5-18(9-16)23-20(27)13-30-22(29)24-10-15-8-17(12-24)19-6-3-7-21(28)25(19)11-15/h2-7,9,15,17H,8,10-13H2,1H3,(H,23,27)/t15-,17+/m0/s1. The summed E-state index contributed by atoms with van der Waals surface area (Å²) < 4.78 is 2.61. The maximum absolute atomic E-state index is 12.3. The van der Waals surface area contributed by atoms with E-state index in [2.05, 4.69) is 10.2 Å². The molecule has 1 saturated heterocycles. The summed E-state index contributed by atoms with van der Waals surface area (Å²) in [5, 5.41) is 2.83. The number of ketones is 1. The summed E-state index contributed by atoms with van der Waals surface area (Å²) in [7, 11) is 0. The number of rotatable bonds is 4. The first-order valence-electron chi connectivity index (χ1n) is 9.93. The van der Waals surface area contributed by atoms with Gasteiger partial charge in [0.2, 0.25) is 5.91 Å². The number of piperidine rings is 1. The number of Topliss-reactive ketones (excluding diaryl/α,β-unsaturated/α-hetero) is 1. The quantitative estimate of drug-likeness (QED) is 0.581. The first kappa shape index (κ1) is 20.8. The molecule has 0 spiro atoms. The van der Waals surface area contributed by atoms with Crippen LogP contribution in [0.1, 0.15) is 35.3 Å². The second-order valence-corrected chi connectivity index (χ2v) is 9.45. The summed E-state index contributed by atoms with van der Waals surface area (Å²) in [6.07, 6.45) is 1.07. The van der Waals surface area contributed by atoms with Crippen molar-refractivity contribution >= 4 is 45.7 Å². The number of nitrogens with one attached hydrogen (secondary N) is 1. The molecular weight excluding hydrogens is 418 g/mol. The van der Waals surface area contributed by atoms with E-state index in [9.17, 15) is 14.4 Å². The van der Waals surface area contributed by atoms with E-state index in [1.807, 2.05) is 16.7 Å². The van der Waals surface area contributed by atoms with E-state index in [1.165, 1.54) is 18.7 Å². The van der Waals surface area contributed by atoms with Crippen molar-refractivity contribution in [2.75, 3.05) is 24.2 Å². The molecule has 30 heavy (non-hydrogen) atoms. The number of thiocarbonyl (C=S) groups is 1. The van der Waals surface area contributed by atoms with Gasteiger partial charge in [-0.3, -0.25) is 14.4 Å². The lowest BCUT2D eigenvalue weighted by Crippen LogP contribution is -2.48. The molecule has 1 amide bonds. The number of hydrogen-bond acceptors (Lipinski definition) is 5. The van der Waals surface area contributed by atoms with Crippen LogP contribution in [0.25, 0.3) is 0 Å². The molecule has 2 bridgehead atoms. The molecule has 2 atom stereocenters. The van der Waals surface area contributed by atoms with Crippen LogP contribution in [0.15, 0.2) is 47.3 Å². The third-order valence-electron chi connectivity index (χ3n) is 5.62. The zero-order valence-electron chi connectivity index (χ0n) is 16.7. The SMILES string of the molecule is CC(=O)c1cccc(NC(=O)CSC(=S)N2C[C@@H]3C[C@H](C2)c2cccc(=O)n2C3)c1. The molecule has 156 valence electrons. The fraction of sp³-hybridized carbons (Fsp3) is 0.364. The van der Waals surface area contributed by atoms with Crippen LogP contribution in [-0.4, -0.2) is 44.3 Å². The van der Waals surface area contributed by atoms with Crippen LogP contribution in [0.3, 0.4) is 0 Å². The number of amides is 1. The van der Waals surface area contributed by atoms with Crippen LogP contribution in [0.4, 0.5) is 5.69 Å². The van der Waals surface area contributed by atoms with E-state index in [0.29, 0.717) is 21.5 Å². The Kier molecular flexibility index (Phi) is 6.06. The third kappa shape index (κ3) is 4.49. The number of nitrogens with zero attached hydrogens (tertiary/aromatic N) is 2. The van der Waals surface area contributed by atoms with Crippen LogP contribution in [0, 0.1) is 5.92 Å². The van der Waals surface area contributed by atoms with Crippen molar-refractivity contribution in [2.45, 2.75) is 25.8 Å². The van der Waals surface area contributed by atoms with Gasteiger partial charge in [0.05, 0.1) is 5.75 Å². The van der Waals surface area contributed by atoms with E-state index in [0.717, 1.165) is 31.7 Å². The largest absolute Gasteiger partial charge is 0.356 e. The Morgan fingerprint density at radius 1 is 1.17 bits per heavy atom. The lowest BCUT2D eigenvalue weighted by molar-refractivity contribution is -0.113. The molecule has 0 radical (unpaired) electrons. The minimum Gasteiger partial charge on any atom is -0.356 e. The molecule has 0 unspecified atom stereocenters. The summed E-state index contributed by atoms with van der Waals surface area (Å²) in [5.41, 5.74) is 2.32. The average Bonchev–Trinajstić information content (AvgIpc) is 2.73. The number of carbonyl (C=O) groups is 2. The highest BCUT2D eigenvalue weighted by Crippen LogP contribution is 2.36. The van der Waals surface area contributed by atoms with Gasteiger partial charge in [0.25, 0.3) is 5.56 Å². The molecule has 1 aromatic carbocycles. The zero-order valence-corrected chi connectivity index (χ0v) is 18.3. The smallest absolute Gasteiger partial charge is 0.250 e. The van der Waals surface area contributed by atoms with Gasteiger partial charge in [0, 0.05) is 48.6 Å². The lowest BCUT2D eigenvalue weighted by Gasteiger charge is -2.43. The summed E-state index contributed by atoms with van der Waals surface area (Å²) in [4.78, 5) is 38.2. The number of aromatic nitrogens is 1. The Morgan fingerprint density at radius 3 is 2.77 bits per heavy atom. The Balaban J connectivity index is 1.34. The second kappa shape index (κ2) is 8.73. The Labute approximate surface area is 184 Å². The Morgan fingerprint density at radius 2 is 1.97 bits per heavy atom. The molecule has 1 fully saturated rings. The molecular formula is C22H23N3O3S2. The highest BCUT2D eigenvalue weighted by Gasteiger charge is 2.35. The minimum atomic E-state index is -0.155. The monoisotopic (exact) mass is 441 g/mol. The van der Waals surface area contributed by atoms with Crippen molar-refractivity contribution in [3.63, 3.8) is 0 Å². The van der Waals surface area contributed by atoms with Gasteiger partial charge in [-0.1, -0.05) is 42.2 Å². The normalized spacial score (nSPS) is 19.7. The van der Waals surface area contributed by atoms with E-state index in [1.54, 1.807) is 30.3 Å². The van der Waals surface area contributed by atoms with Gasteiger partial charge < -0.3 is 14.8 Å². The first-order valence-corrected chi connectivity index (χ1v) is 11.3. The molecule has 0 aliphatic carbocycles. The minimum absolute atomic E-state index is 0.0406. The molecule has 6 nitrogen and oxygen atoms in total. The van der Waals surface area contributed by atoms with Gasteiger partial charge in [-0.2, -0.15) is 0 Å². The number of hydrogen-bond donors (Lipinski definition) is 1. The molecule has 2 aromatic rings. The van der Waals surface area contributed by atoms with Crippen LogP contribution >= 0.6 is 24.0 Å². The van der Waals surface area contributed by atoms with Crippen molar-refractivity contribution in [1.82, 2.24) is 9.47 Å². The van der Waals surface area contributed by atoms with Gasteiger partial charge >= 0.3 is 0 Å². The molecule has 0 saturated carbocycles. The van der Waals surface area contributed by atoms with Crippen LogP contribution in [0.5, 0.6) is 0 Å². The maximum atomic E-state index is 12.3. The van der Waals surface area contributed by atoms with E-state index in [-0.39, 0.29) is 28.9 Å². The van der Waals surface area contributed by atoms with Gasteiger partial charge in [-0.05, 0) is 37.5 Å². The highest BCUT2D eigenvalue weighted by atomic mass is 32.2. The van der Waals surface area contributed by atoms with Gasteiger partial charge in [-0.15, -0.1) is 0 Å². The molecule has 2 aliphatic rings. The zero-order chi connectivity index (χ0) is 21.3. The fourth-order valence-electron chi connectivity index (χ4n) is 4.28. The number of carbonyl (C=O) groups excluding carboxylic acids is 2. The van der Waals surface area contributed by atoms with Crippen molar-refractivity contribution < 1.29 is 9.59 Å². The summed E-state index contributed by atoms with van der Waals surface area (Å²) in [5.74, 6) is 0.690. The average molecular weight is 442 g/mol. The molecule has 8 heteroatoms. The maximum Gasteiger partial charge on any atom is 0.250 e. The summed E-state index contributed by atoms with van der Waals surface area (Å²) in [6, 6.07) is 12.4. The van der Waals surface area contributed by atoms with E-state index >= 15 is 0 Å². The first-order chi connectivity index (χ1) is 14.4.